The average Bonchev–Trinajstić information content (AvgIpc) is 2.09. The van der Waals surface area contributed by atoms with Gasteiger partial charge in [0.05, 0.1) is 0 Å². The van der Waals surface area contributed by atoms with Crippen LogP contribution >= 0.6 is 11.8 Å². The molecule has 0 aliphatic heterocycles. The van der Waals surface area contributed by atoms with Gasteiger partial charge in [0.15, 0.2) is 0 Å². The van der Waals surface area contributed by atoms with Gasteiger partial charge in [-0.05, 0) is 20.9 Å². The van der Waals surface area contributed by atoms with Crippen LogP contribution in [0, 0.1) is 5.92 Å². The van der Waals surface area contributed by atoms with Gasteiger partial charge in [0.2, 0.25) is 0 Å². The second kappa shape index (κ2) is 8.00. The molecule has 0 heterocycles. The summed E-state index contributed by atoms with van der Waals surface area (Å²) in [5.74, 6) is 1.88. The maximum absolute atomic E-state index is 11.2. The summed E-state index contributed by atoms with van der Waals surface area (Å²) in [6.45, 7) is 4.04. The number of hydrogen-bond acceptors (Lipinski definition) is 4. The summed E-state index contributed by atoms with van der Waals surface area (Å²) >= 11 is 1.72. The molecular formula is C10H19NO2S. The molecule has 0 aromatic carbocycles. The Morgan fingerprint density at radius 1 is 1.36 bits per heavy atom. The van der Waals surface area contributed by atoms with Crippen LogP contribution < -0.4 is 5.32 Å². The van der Waals surface area contributed by atoms with Crippen molar-refractivity contribution in [2.75, 3.05) is 25.1 Å². The normalized spacial score (nSPS) is 12.5. The molecule has 0 rings (SSSR count). The number of Topliss-reactive ketones (excluding diaryl/α,β-unsaturated/α-hetero) is 2. The Bertz CT molecular complexity index is 195. The quantitative estimate of drug-likeness (QED) is 0.619. The van der Waals surface area contributed by atoms with Crippen molar-refractivity contribution in [1.29, 1.82) is 0 Å². The Balaban J connectivity index is 3.74. The van der Waals surface area contributed by atoms with Crippen molar-refractivity contribution in [2.24, 2.45) is 5.92 Å². The monoisotopic (exact) mass is 217 g/mol. The lowest BCUT2D eigenvalue weighted by atomic mass is 10.0. The van der Waals surface area contributed by atoms with Gasteiger partial charge in [0, 0.05) is 30.4 Å². The zero-order valence-electron chi connectivity index (χ0n) is 9.13. The van der Waals surface area contributed by atoms with E-state index in [2.05, 4.69) is 5.32 Å². The predicted octanol–water partition coefficient (Wildman–Crippen LogP) is 1.12. The minimum Gasteiger partial charge on any atom is -0.319 e. The Hall–Kier alpha value is -0.350. The first-order valence-electron chi connectivity index (χ1n) is 4.80. The van der Waals surface area contributed by atoms with Crippen LogP contribution in [0.4, 0.5) is 0 Å². The van der Waals surface area contributed by atoms with E-state index < -0.39 is 0 Å². The number of thioether (sulfide) groups is 1. The zero-order valence-corrected chi connectivity index (χ0v) is 9.95. The smallest absolute Gasteiger partial charge is 0.134 e. The maximum Gasteiger partial charge on any atom is 0.134 e. The van der Waals surface area contributed by atoms with Crippen molar-refractivity contribution in [3.8, 4) is 0 Å². The number of carbonyl (C=O) groups excluding carboxylic acids is 2. The van der Waals surface area contributed by atoms with E-state index in [0.717, 1.165) is 18.1 Å². The molecule has 1 atom stereocenters. The number of nitrogens with one attached hydrogen (secondary N) is 1. The number of rotatable bonds is 8. The van der Waals surface area contributed by atoms with Crippen LogP contribution in [-0.4, -0.2) is 36.7 Å². The standard InChI is InChI=1S/C10H19NO2S/c1-8(12)6-10(9(2)13)7-14-5-4-11-3/h10-11H,4-7H2,1-3H3. The van der Waals surface area contributed by atoms with Crippen molar-refractivity contribution in [1.82, 2.24) is 5.32 Å². The Kier molecular flexibility index (Phi) is 7.80. The van der Waals surface area contributed by atoms with Gasteiger partial charge in [0.1, 0.15) is 11.6 Å². The first-order valence-corrected chi connectivity index (χ1v) is 5.95. The molecule has 0 radical (unpaired) electrons. The molecule has 1 N–H and O–H groups in total. The Morgan fingerprint density at radius 3 is 2.43 bits per heavy atom. The number of ketones is 2. The molecule has 1 unspecified atom stereocenters. The average molecular weight is 217 g/mol. The van der Waals surface area contributed by atoms with E-state index in [-0.39, 0.29) is 17.5 Å². The van der Waals surface area contributed by atoms with Crippen molar-refractivity contribution < 1.29 is 9.59 Å². The molecule has 0 aliphatic carbocycles. The molecule has 4 heteroatoms. The molecule has 0 aromatic rings. The summed E-state index contributed by atoms with van der Waals surface area (Å²) < 4.78 is 0. The highest BCUT2D eigenvalue weighted by molar-refractivity contribution is 7.99. The van der Waals surface area contributed by atoms with E-state index in [1.807, 2.05) is 7.05 Å². The first-order chi connectivity index (χ1) is 6.57. The third kappa shape index (κ3) is 7.09. The molecule has 82 valence electrons. The van der Waals surface area contributed by atoms with E-state index in [1.54, 1.807) is 18.7 Å². The third-order valence-corrected chi connectivity index (χ3v) is 3.06. The Morgan fingerprint density at radius 2 is 2.00 bits per heavy atom. The van der Waals surface area contributed by atoms with Crippen LogP contribution in [0.3, 0.4) is 0 Å². The molecule has 0 saturated heterocycles. The first kappa shape index (κ1) is 13.7. The molecule has 0 saturated carbocycles. The van der Waals surface area contributed by atoms with E-state index in [0.29, 0.717) is 6.42 Å². The van der Waals surface area contributed by atoms with Crippen LogP contribution in [0.1, 0.15) is 20.3 Å². The van der Waals surface area contributed by atoms with E-state index in [1.165, 1.54) is 6.92 Å². The highest BCUT2D eigenvalue weighted by atomic mass is 32.2. The molecule has 0 bridgehead atoms. The third-order valence-electron chi connectivity index (χ3n) is 1.92. The van der Waals surface area contributed by atoms with Gasteiger partial charge < -0.3 is 10.1 Å². The molecule has 0 amide bonds. The molecule has 0 fully saturated rings. The van der Waals surface area contributed by atoms with E-state index in [9.17, 15) is 9.59 Å². The molecule has 14 heavy (non-hydrogen) atoms. The van der Waals surface area contributed by atoms with Gasteiger partial charge in [-0.25, -0.2) is 0 Å². The topological polar surface area (TPSA) is 46.2 Å². The van der Waals surface area contributed by atoms with E-state index >= 15 is 0 Å². The molecular weight excluding hydrogens is 198 g/mol. The minimum absolute atomic E-state index is 0.0886. The van der Waals surface area contributed by atoms with Gasteiger partial charge in [0.25, 0.3) is 0 Å². The summed E-state index contributed by atoms with van der Waals surface area (Å²) in [6, 6.07) is 0. The summed E-state index contributed by atoms with van der Waals surface area (Å²) in [5, 5.41) is 3.04. The second-order valence-electron chi connectivity index (χ2n) is 3.39. The highest BCUT2D eigenvalue weighted by Crippen LogP contribution is 2.13. The van der Waals surface area contributed by atoms with Crippen LogP contribution in [0.2, 0.25) is 0 Å². The number of hydrogen-bond donors (Lipinski definition) is 1. The fourth-order valence-corrected chi connectivity index (χ4v) is 2.22. The summed E-state index contributed by atoms with van der Waals surface area (Å²) in [4.78, 5) is 22.0. The van der Waals surface area contributed by atoms with Crippen LogP contribution in [0.5, 0.6) is 0 Å². The molecule has 0 aliphatic rings. The van der Waals surface area contributed by atoms with Crippen LogP contribution in [0.25, 0.3) is 0 Å². The van der Waals surface area contributed by atoms with Gasteiger partial charge >= 0.3 is 0 Å². The number of carbonyl (C=O) groups is 2. The minimum atomic E-state index is -0.0886. The van der Waals surface area contributed by atoms with Gasteiger partial charge in [-0.1, -0.05) is 0 Å². The van der Waals surface area contributed by atoms with Crippen molar-refractivity contribution in [2.45, 2.75) is 20.3 Å². The summed E-state index contributed by atoms with van der Waals surface area (Å²) in [7, 11) is 1.90. The summed E-state index contributed by atoms with van der Waals surface area (Å²) in [5.41, 5.74) is 0. The van der Waals surface area contributed by atoms with Gasteiger partial charge in [-0.2, -0.15) is 11.8 Å². The fraction of sp³-hybridized carbons (Fsp3) is 0.800. The lowest BCUT2D eigenvalue weighted by Gasteiger charge is -2.11. The zero-order chi connectivity index (χ0) is 11.0. The Labute approximate surface area is 90.0 Å². The second-order valence-corrected chi connectivity index (χ2v) is 4.54. The van der Waals surface area contributed by atoms with Gasteiger partial charge in [-0.15, -0.1) is 0 Å². The lowest BCUT2D eigenvalue weighted by Crippen LogP contribution is -2.18. The highest BCUT2D eigenvalue weighted by Gasteiger charge is 2.15. The molecule has 0 spiro atoms. The SMILES string of the molecule is CNCCSCC(CC(C)=O)C(C)=O. The van der Waals surface area contributed by atoms with Crippen LogP contribution in [0.15, 0.2) is 0 Å². The summed E-state index contributed by atoms with van der Waals surface area (Å²) in [6.07, 6.45) is 0.391. The molecule has 3 nitrogen and oxygen atoms in total. The van der Waals surface area contributed by atoms with Gasteiger partial charge in [-0.3, -0.25) is 4.79 Å². The van der Waals surface area contributed by atoms with Crippen molar-refractivity contribution in [3.05, 3.63) is 0 Å². The maximum atomic E-state index is 11.2. The molecule has 0 aromatic heterocycles. The van der Waals surface area contributed by atoms with Crippen molar-refractivity contribution in [3.63, 3.8) is 0 Å². The largest absolute Gasteiger partial charge is 0.319 e. The van der Waals surface area contributed by atoms with Crippen LogP contribution in [-0.2, 0) is 9.59 Å². The van der Waals surface area contributed by atoms with E-state index in [4.69, 9.17) is 0 Å². The lowest BCUT2D eigenvalue weighted by molar-refractivity contribution is -0.125. The predicted molar refractivity (Wildman–Crippen MR) is 60.7 cm³/mol. The van der Waals surface area contributed by atoms with Crippen molar-refractivity contribution >= 4 is 23.3 Å². The fourth-order valence-electron chi connectivity index (χ4n) is 1.07.